The van der Waals surface area contributed by atoms with Gasteiger partial charge in [0, 0.05) is 36.1 Å². The van der Waals surface area contributed by atoms with Crippen molar-refractivity contribution in [3.05, 3.63) is 95.4 Å². The van der Waals surface area contributed by atoms with Crippen LogP contribution in [0.3, 0.4) is 0 Å². The van der Waals surface area contributed by atoms with Gasteiger partial charge in [-0.2, -0.15) is 15.3 Å². The number of nitrogens with one attached hydrogen (secondary N) is 1. The van der Waals surface area contributed by atoms with E-state index in [2.05, 4.69) is 15.5 Å². The number of benzene rings is 2. The van der Waals surface area contributed by atoms with Crippen molar-refractivity contribution in [2.75, 3.05) is 5.32 Å². The van der Waals surface area contributed by atoms with E-state index >= 15 is 0 Å². The number of thiophene rings is 1. The van der Waals surface area contributed by atoms with Crippen LogP contribution in [0.4, 0.5) is 5.69 Å². The van der Waals surface area contributed by atoms with Gasteiger partial charge in [0.15, 0.2) is 0 Å². The van der Waals surface area contributed by atoms with E-state index in [1.807, 2.05) is 109 Å². The maximum absolute atomic E-state index is 13.0. The zero-order valence-corrected chi connectivity index (χ0v) is 20.8. The van der Waals surface area contributed by atoms with Gasteiger partial charge in [0.1, 0.15) is 4.83 Å². The Labute approximate surface area is 211 Å². The molecule has 0 saturated heterocycles. The molecule has 1 N–H and O–H groups in total. The van der Waals surface area contributed by atoms with Crippen molar-refractivity contribution in [3.63, 3.8) is 0 Å². The fraction of sp³-hybridized carbons (Fsp3) is 0.111. The van der Waals surface area contributed by atoms with Crippen LogP contribution in [0.1, 0.15) is 21.1 Å². The van der Waals surface area contributed by atoms with Crippen LogP contribution in [0.2, 0.25) is 0 Å². The highest BCUT2D eigenvalue weighted by Gasteiger charge is 2.17. The van der Waals surface area contributed by atoms with E-state index in [0.29, 0.717) is 4.88 Å². The lowest BCUT2D eigenvalue weighted by Crippen LogP contribution is -2.10. The van der Waals surface area contributed by atoms with Gasteiger partial charge in [-0.05, 0) is 62.4 Å². The lowest BCUT2D eigenvalue weighted by atomic mass is 10.2. The van der Waals surface area contributed by atoms with Gasteiger partial charge in [0.25, 0.3) is 5.91 Å². The molecule has 0 bridgehead atoms. The van der Waals surface area contributed by atoms with Crippen molar-refractivity contribution in [1.29, 1.82) is 0 Å². The number of anilines is 1. The van der Waals surface area contributed by atoms with Gasteiger partial charge in [-0.25, -0.2) is 9.36 Å². The number of aryl methyl sites for hydroxylation is 3. The molecule has 0 unspecified atom stereocenters. The Morgan fingerprint density at radius 3 is 2.39 bits per heavy atom. The molecule has 4 heterocycles. The second-order valence-electron chi connectivity index (χ2n) is 8.61. The first-order valence-corrected chi connectivity index (χ1v) is 12.3. The first-order chi connectivity index (χ1) is 17.5. The molecule has 0 aliphatic rings. The molecule has 9 heteroatoms. The summed E-state index contributed by atoms with van der Waals surface area (Å²) in [4.78, 5) is 14.6. The highest BCUT2D eigenvalue weighted by atomic mass is 32.1. The zero-order valence-electron chi connectivity index (χ0n) is 20.0. The topological polar surface area (TPSA) is 82.6 Å². The van der Waals surface area contributed by atoms with Crippen molar-refractivity contribution in [3.8, 4) is 22.6 Å². The smallest absolute Gasteiger partial charge is 0.265 e. The molecule has 0 aliphatic carbocycles. The minimum atomic E-state index is -0.142. The summed E-state index contributed by atoms with van der Waals surface area (Å²) in [5.74, 6) is -0.142. The number of hydrogen-bond donors (Lipinski definition) is 1. The van der Waals surface area contributed by atoms with Crippen LogP contribution >= 0.6 is 11.3 Å². The summed E-state index contributed by atoms with van der Waals surface area (Å²) in [6.07, 6.45) is 3.89. The third-order valence-corrected chi connectivity index (χ3v) is 7.15. The van der Waals surface area contributed by atoms with E-state index in [9.17, 15) is 4.79 Å². The average molecular weight is 494 g/mol. The van der Waals surface area contributed by atoms with Gasteiger partial charge < -0.3 is 5.32 Å². The summed E-state index contributed by atoms with van der Waals surface area (Å²) < 4.78 is 5.50. The molecule has 178 valence electrons. The van der Waals surface area contributed by atoms with Gasteiger partial charge in [0.2, 0.25) is 0 Å². The highest BCUT2D eigenvalue weighted by molar-refractivity contribution is 7.20. The largest absolute Gasteiger partial charge is 0.321 e. The Balaban J connectivity index is 1.21. The number of rotatable bonds is 5. The molecule has 36 heavy (non-hydrogen) atoms. The maximum atomic E-state index is 13.0. The van der Waals surface area contributed by atoms with Crippen molar-refractivity contribution in [2.24, 2.45) is 7.05 Å². The van der Waals surface area contributed by atoms with E-state index < -0.39 is 0 Å². The Morgan fingerprint density at radius 2 is 1.67 bits per heavy atom. The predicted octanol–water partition coefficient (Wildman–Crippen LogP) is 5.54. The molecule has 8 nitrogen and oxygen atoms in total. The van der Waals surface area contributed by atoms with E-state index in [1.54, 1.807) is 4.68 Å². The standard InChI is InChI=1S/C27H23N7OS/c1-17-22-15-25(36-27(22)34(30-17)21-7-5-4-6-8-21)26(35)28-19-9-11-20(12-10-19)33-14-13-24(31-33)23-16-32(3)29-18(23)2/h4-16H,1-3H3,(H,28,35). The SMILES string of the molecule is Cc1nn(C)cc1-c1ccn(-c2ccc(NC(=O)c3cc4c(C)nn(-c5ccccc5)c4s3)cc2)n1. The molecular weight excluding hydrogens is 470 g/mol. The number of hydrogen-bond acceptors (Lipinski definition) is 5. The zero-order chi connectivity index (χ0) is 24.8. The molecule has 0 aliphatic heterocycles. The molecule has 0 atom stereocenters. The summed E-state index contributed by atoms with van der Waals surface area (Å²) >= 11 is 1.44. The van der Waals surface area contributed by atoms with Gasteiger partial charge >= 0.3 is 0 Å². The quantitative estimate of drug-likeness (QED) is 0.342. The number of fused-ring (bicyclic) bond motifs is 1. The molecule has 4 aromatic heterocycles. The molecule has 6 aromatic rings. The average Bonchev–Trinajstić information content (AvgIpc) is 3.65. The van der Waals surface area contributed by atoms with Crippen LogP contribution in [-0.2, 0) is 7.05 Å². The summed E-state index contributed by atoms with van der Waals surface area (Å²) in [6.45, 7) is 3.94. The summed E-state index contributed by atoms with van der Waals surface area (Å²) in [5.41, 5.74) is 6.31. The first kappa shape index (κ1) is 22.0. The van der Waals surface area contributed by atoms with Crippen molar-refractivity contribution < 1.29 is 4.79 Å². The van der Waals surface area contributed by atoms with E-state index in [-0.39, 0.29) is 5.91 Å². The summed E-state index contributed by atoms with van der Waals surface area (Å²) in [5, 5.41) is 17.7. The number of nitrogens with zero attached hydrogens (tertiary/aromatic N) is 6. The minimum absolute atomic E-state index is 0.142. The molecule has 0 spiro atoms. The fourth-order valence-corrected chi connectivity index (χ4v) is 5.33. The Morgan fingerprint density at radius 1 is 0.889 bits per heavy atom. The third-order valence-electron chi connectivity index (χ3n) is 6.04. The second kappa shape index (κ2) is 8.62. The van der Waals surface area contributed by atoms with E-state index in [4.69, 9.17) is 5.10 Å². The minimum Gasteiger partial charge on any atom is -0.321 e. The van der Waals surface area contributed by atoms with Crippen molar-refractivity contribution in [2.45, 2.75) is 13.8 Å². The Hall–Kier alpha value is -4.50. The second-order valence-corrected chi connectivity index (χ2v) is 9.64. The van der Waals surface area contributed by atoms with Crippen LogP contribution in [0, 0.1) is 13.8 Å². The molecular formula is C27H23N7OS. The molecule has 0 saturated carbocycles. The lowest BCUT2D eigenvalue weighted by Gasteiger charge is -2.06. The Bertz CT molecular complexity index is 1700. The maximum Gasteiger partial charge on any atom is 0.265 e. The van der Waals surface area contributed by atoms with Gasteiger partial charge in [0.05, 0.1) is 33.3 Å². The van der Waals surface area contributed by atoms with Gasteiger partial charge in [-0.1, -0.05) is 18.2 Å². The van der Waals surface area contributed by atoms with Crippen LogP contribution < -0.4 is 5.32 Å². The van der Waals surface area contributed by atoms with Crippen LogP contribution in [0.25, 0.3) is 32.8 Å². The lowest BCUT2D eigenvalue weighted by molar-refractivity contribution is 0.103. The predicted molar refractivity (Wildman–Crippen MR) is 142 cm³/mol. The summed E-state index contributed by atoms with van der Waals surface area (Å²) in [6, 6.07) is 21.5. The molecule has 2 aromatic carbocycles. The molecule has 1 amide bonds. The van der Waals surface area contributed by atoms with Crippen LogP contribution in [-0.4, -0.2) is 35.2 Å². The van der Waals surface area contributed by atoms with Crippen LogP contribution in [0.5, 0.6) is 0 Å². The van der Waals surface area contributed by atoms with Gasteiger partial charge in [-0.3, -0.25) is 9.48 Å². The first-order valence-electron chi connectivity index (χ1n) is 11.5. The highest BCUT2D eigenvalue weighted by Crippen LogP contribution is 2.31. The Kier molecular flexibility index (Phi) is 5.26. The van der Waals surface area contributed by atoms with Crippen molar-refractivity contribution >= 4 is 33.1 Å². The third kappa shape index (κ3) is 3.89. The van der Waals surface area contributed by atoms with E-state index in [0.717, 1.165) is 49.9 Å². The normalized spacial score (nSPS) is 11.3. The number of carbonyl (C=O) groups is 1. The fourth-order valence-electron chi connectivity index (χ4n) is 4.26. The number of aromatic nitrogens is 6. The van der Waals surface area contributed by atoms with Gasteiger partial charge in [-0.15, -0.1) is 11.3 Å². The van der Waals surface area contributed by atoms with E-state index in [1.165, 1.54) is 11.3 Å². The summed E-state index contributed by atoms with van der Waals surface area (Å²) in [7, 11) is 1.90. The number of para-hydroxylation sites is 1. The molecule has 6 rings (SSSR count). The monoisotopic (exact) mass is 493 g/mol. The molecule has 0 fully saturated rings. The number of carbonyl (C=O) groups excluding carboxylic acids is 1. The van der Waals surface area contributed by atoms with Crippen molar-refractivity contribution in [1.82, 2.24) is 29.3 Å². The van der Waals surface area contributed by atoms with Crippen LogP contribution in [0.15, 0.2) is 79.1 Å². The molecule has 0 radical (unpaired) electrons. The number of amides is 1.